The van der Waals surface area contributed by atoms with Crippen LogP contribution in [-0.2, 0) is 16.0 Å². The van der Waals surface area contributed by atoms with Gasteiger partial charge in [0.15, 0.2) is 11.6 Å². The summed E-state index contributed by atoms with van der Waals surface area (Å²) in [5.74, 6) is -0.524. The molecule has 0 aliphatic carbocycles. The number of hydrogen-bond donors (Lipinski definition) is 0. The van der Waals surface area contributed by atoms with Crippen molar-refractivity contribution in [3.63, 3.8) is 0 Å². The molecule has 0 aromatic heterocycles. The van der Waals surface area contributed by atoms with Gasteiger partial charge < -0.3 is 4.74 Å². The molecular weight excluding hydrogens is 317 g/mol. The quantitative estimate of drug-likeness (QED) is 0.615. The molecule has 0 saturated heterocycles. The monoisotopic (exact) mass is 329 g/mol. The topological polar surface area (TPSA) is 38.7 Å². The summed E-state index contributed by atoms with van der Waals surface area (Å²) in [5, 5.41) is 0.666. The summed E-state index contributed by atoms with van der Waals surface area (Å²) in [6.07, 6.45) is 2.67. The second-order valence-electron chi connectivity index (χ2n) is 5.11. The highest BCUT2D eigenvalue weighted by Gasteiger charge is 2.22. The number of esters is 1. The standard InChI is InChI=1S/C18H13ClFNO2/c19-14-5-1-3-12(9-14)7-8-17-21-16(18(22)23-17)11-13-4-2-6-15(20)10-13/h1-6,9-11H,7-8H2/b16-11+. The number of hydrogen-bond acceptors (Lipinski definition) is 3. The number of nitrogens with zero attached hydrogens (tertiary/aromatic N) is 1. The first-order valence-corrected chi connectivity index (χ1v) is 7.49. The highest BCUT2D eigenvalue weighted by Crippen LogP contribution is 2.19. The van der Waals surface area contributed by atoms with Gasteiger partial charge in [0.05, 0.1) is 0 Å². The average Bonchev–Trinajstić information content (AvgIpc) is 2.86. The second-order valence-corrected chi connectivity index (χ2v) is 5.55. The minimum Gasteiger partial charge on any atom is -0.407 e. The SMILES string of the molecule is O=C1OC(CCc2cccc(Cl)c2)=N/C1=C/c1cccc(F)c1. The molecule has 1 aliphatic rings. The van der Waals surface area contributed by atoms with Gasteiger partial charge >= 0.3 is 5.97 Å². The number of rotatable bonds is 4. The van der Waals surface area contributed by atoms with Gasteiger partial charge in [-0.2, -0.15) is 0 Å². The van der Waals surface area contributed by atoms with Crippen LogP contribution in [0.15, 0.2) is 59.2 Å². The molecule has 0 fully saturated rings. The highest BCUT2D eigenvalue weighted by atomic mass is 35.5. The lowest BCUT2D eigenvalue weighted by Crippen LogP contribution is -2.05. The Kier molecular flexibility index (Phi) is 4.53. The molecule has 3 rings (SSSR count). The van der Waals surface area contributed by atoms with Gasteiger partial charge in [-0.25, -0.2) is 14.2 Å². The van der Waals surface area contributed by atoms with Crippen LogP contribution in [-0.4, -0.2) is 11.9 Å². The van der Waals surface area contributed by atoms with E-state index in [1.54, 1.807) is 18.2 Å². The summed E-state index contributed by atoms with van der Waals surface area (Å²) in [5.41, 5.74) is 1.78. The molecule has 0 saturated carbocycles. The molecule has 2 aromatic rings. The molecule has 2 aromatic carbocycles. The average molecular weight is 330 g/mol. The minimum absolute atomic E-state index is 0.177. The van der Waals surface area contributed by atoms with Crippen LogP contribution in [0.25, 0.3) is 6.08 Å². The van der Waals surface area contributed by atoms with Crippen molar-refractivity contribution in [3.8, 4) is 0 Å². The van der Waals surface area contributed by atoms with Gasteiger partial charge in [0.2, 0.25) is 0 Å². The van der Waals surface area contributed by atoms with E-state index >= 15 is 0 Å². The van der Waals surface area contributed by atoms with Gasteiger partial charge in [0.1, 0.15) is 5.82 Å². The van der Waals surface area contributed by atoms with Crippen LogP contribution in [0.1, 0.15) is 17.5 Å². The number of aryl methyl sites for hydroxylation is 1. The van der Waals surface area contributed by atoms with Crippen molar-refractivity contribution in [1.29, 1.82) is 0 Å². The largest absolute Gasteiger partial charge is 0.407 e. The minimum atomic E-state index is -0.518. The van der Waals surface area contributed by atoms with Crippen molar-refractivity contribution in [2.24, 2.45) is 4.99 Å². The molecule has 5 heteroatoms. The Balaban J connectivity index is 1.71. The molecule has 116 valence electrons. The van der Waals surface area contributed by atoms with Crippen molar-refractivity contribution in [2.75, 3.05) is 0 Å². The number of cyclic esters (lactones) is 1. The fraction of sp³-hybridized carbons (Fsp3) is 0.111. The van der Waals surface area contributed by atoms with Gasteiger partial charge in [-0.15, -0.1) is 0 Å². The lowest BCUT2D eigenvalue weighted by molar-refractivity contribution is -0.130. The van der Waals surface area contributed by atoms with Gasteiger partial charge in [-0.05, 0) is 47.9 Å². The number of aliphatic imine (C=N–C) groups is 1. The van der Waals surface area contributed by atoms with Gasteiger partial charge in [0.25, 0.3) is 0 Å². The maximum absolute atomic E-state index is 13.2. The summed E-state index contributed by atoms with van der Waals surface area (Å²) in [6, 6.07) is 13.4. The van der Waals surface area contributed by atoms with E-state index in [4.69, 9.17) is 16.3 Å². The zero-order chi connectivity index (χ0) is 16.2. The number of carbonyl (C=O) groups is 1. The fourth-order valence-electron chi connectivity index (χ4n) is 2.26. The summed E-state index contributed by atoms with van der Waals surface area (Å²) in [7, 11) is 0. The lowest BCUT2D eigenvalue weighted by atomic mass is 10.1. The molecule has 0 N–H and O–H groups in total. The number of carbonyl (C=O) groups excluding carboxylic acids is 1. The number of ether oxygens (including phenoxy) is 1. The number of halogens is 2. The number of benzene rings is 2. The Bertz CT molecular complexity index is 814. The molecule has 0 amide bonds. The fourth-order valence-corrected chi connectivity index (χ4v) is 2.47. The Hall–Kier alpha value is -2.46. The van der Waals surface area contributed by atoms with Crippen LogP contribution in [0.3, 0.4) is 0 Å². The first-order valence-electron chi connectivity index (χ1n) is 7.11. The van der Waals surface area contributed by atoms with Crippen LogP contribution in [0, 0.1) is 5.82 Å². The first kappa shape index (κ1) is 15.4. The van der Waals surface area contributed by atoms with Gasteiger partial charge in [-0.3, -0.25) is 0 Å². The maximum atomic E-state index is 13.2. The van der Waals surface area contributed by atoms with Crippen LogP contribution >= 0.6 is 11.6 Å². The summed E-state index contributed by atoms with van der Waals surface area (Å²) in [6.45, 7) is 0. The molecule has 0 bridgehead atoms. The Morgan fingerprint density at radius 3 is 2.74 bits per heavy atom. The molecule has 0 spiro atoms. The van der Waals surface area contributed by atoms with Gasteiger partial charge in [-0.1, -0.05) is 35.9 Å². The first-order chi connectivity index (χ1) is 11.1. The molecule has 0 radical (unpaired) electrons. The van der Waals surface area contributed by atoms with Crippen molar-refractivity contribution in [2.45, 2.75) is 12.8 Å². The van der Waals surface area contributed by atoms with Crippen LogP contribution < -0.4 is 0 Å². The molecule has 0 atom stereocenters. The predicted molar refractivity (Wildman–Crippen MR) is 87.7 cm³/mol. The van der Waals surface area contributed by atoms with Crippen LogP contribution in [0.4, 0.5) is 4.39 Å². The molecule has 23 heavy (non-hydrogen) atoms. The molecule has 3 nitrogen and oxygen atoms in total. The van der Waals surface area contributed by atoms with E-state index in [9.17, 15) is 9.18 Å². The van der Waals surface area contributed by atoms with E-state index in [-0.39, 0.29) is 11.5 Å². The third-order valence-corrected chi connectivity index (χ3v) is 3.57. The third kappa shape index (κ3) is 4.05. The van der Waals surface area contributed by atoms with E-state index in [0.717, 1.165) is 5.56 Å². The van der Waals surface area contributed by atoms with Crippen LogP contribution in [0.5, 0.6) is 0 Å². The summed E-state index contributed by atoms with van der Waals surface area (Å²) >= 11 is 5.93. The normalized spacial score (nSPS) is 15.7. The van der Waals surface area contributed by atoms with E-state index in [0.29, 0.717) is 29.3 Å². The third-order valence-electron chi connectivity index (χ3n) is 3.33. The second kappa shape index (κ2) is 6.75. The van der Waals surface area contributed by atoms with E-state index in [1.807, 2.05) is 18.2 Å². The zero-order valence-corrected chi connectivity index (χ0v) is 12.9. The molecule has 0 unspecified atom stereocenters. The van der Waals surface area contributed by atoms with Gasteiger partial charge in [0, 0.05) is 11.4 Å². The van der Waals surface area contributed by atoms with E-state index < -0.39 is 5.97 Å². The Labute approximate surface area is 138 Å². The van der Waals surface area contributed by atoms with Crippen molar-refractivity contribution in [3.05, 3.63) is 76.2 Å². The smallest absolute Gasteiger partial charge is 0.363 e. The van der Waals surface area contributed by atoms with Crippen molar-refractivity contribution < 1.29 is 13.9 Å². The van der Waals surface area contributed by atoms with E-state index in [1.165, 1.54) is 18.2 Å². The Morgan fingerprint density at radius 2 is 1.96 bits per heavy atom. The zero-order valence-electron chi connectivity index (χ0n) is 12.1. The maximum Gasteiger partial charge on any atom is 0.363 e. The summed E-state index contributed by atoms with van der Waals surface area (Å²) < 4.78 is 18.3. The van der Waals surface area contributed by atoms with E-state index in [2.05, 4.69) is 4.99 Å². The predicted octanol–water partition coefficient (Wildman–Crippen LogP) is 4.41. The van der Waals surface area contributed by atoms with Crippen molar-refractivity contribution >= 4 is 29.5 Å². The summed E-state index contributed by atoms with van der Waals surface area (Å²) in [4.78, 5) is 16.0. The lowest BCUT2D eigenvalue weighted by Gasteiger charge is -2.01. The Morgan fingerprint density at radius 1 is 1.13 bits per heavy atom. The highest BCUT2D eigenvalue weighted by molar-refractivity contribution is 6.30. The van der Waals surface area contributed by atoms with Crippen LogP contribution in [0.2, 0.25) is 5.02 Å². The molecular formula is C18H13ClFNO2. The molecule has 1 aliphatic heterocycles. The van der Waals surface area contributed by atoms with Crippen molar-refractivity contribution in [1.82, 2.24) is 0 Å². The molecule has 1 heterocycles.